The van der Waals surface area contributed by atoms with Crippen LogP contribution in [0.1, 0.15) is 45.4 Å². The zero-order valence-corrected chi connectivity index (χ0v) is 10.9. The van der Waals surface area contributed by atoms with Crippen molar-refractivity contribution in [1.29, 1.82) is 0 Å². The minimum atomic E-state index is -4.99. The van der Waals surface area contributed by atoms with Crippen molar-refractivity contribution in [3.05, 3.63) is 0 Å². The molecule has 108 valence electrons. The second-order valence-electron chi connectivity index (χ2n) is 4.16. The zero-order chi connectivity index (χ0) is 14.4. The molecule has 7 nitrogen and oxygen atoms in total. The molecule has 3 N–H and O–H groups in total. The Bertz CT molecular complexity index is 406. The standard InChI is InChI=1S/C10H18O7S.K.H/c1-2-3-4-5-6-10(9(13)14,7-8(11)12)18(15,16)17;;/h2-7H2,1H3,(H,11,12)(H,13,14)(H,15,16,17);;. The topological polar surface area (TPSA) is 129 Å². The SMILES string of the molecule is CCCCCCC(CC(=O)O)(C(=O)O)S(=O)(=O)O.[KH]. The predicted molar refractivity (Wildman–Crippen MR) is 70.1 cm³/mol. The Hall–Kier alpha value is 0.486. The summed E-state index contributed by atoms with van der Waals surface area (Å²) in [5.74, 6) is -3.41. The van der Waals surface area contributed by atoms with Gasteiger partial charge in [-0.05, 0) is 6.42 Å². The van der Waals surface area contributed by atoms with Gasteiger partial charge in [-0.15, -0.1) is 0 Å². The van der Waals surface area contributed by atoms with Crippen molar-refractivity contribution in [2.24, 2.45) is 0 Å². The molecule has 1 atom stereocenters. The van der Waals surface area contributed by atoms with Gasteiger partial charge in [-0.1, -0.05) is 32.6 Å². The van der Waals surface area contributed by atoms with E-state index < -0.39 is 39.6 Å². The zero-order valence-electron chi connectivity index (χ0n) is 10.1. The number of carbonyl (C=O) groups is 2. The molecular formula is C10H19KO7S. The molecular weight excluding hydrogens is 303 g/mol. The first-order chi connectivity index (χ1) is 8.17. The maximum absolute atomic E-state index is 11.2. The van der Waals surface area contributed by atoms with Crippen LogP contribution in [0.3, 0.4) is 0 Å². The molecule has 0 saturated heterocycles. The van der Waals surface area contributed by atoms with Crippen molar-refractivity contribution >= 4 is 73.4 Å². The van der Waals surface area contributed by atoms with Crippen molar-refractivity contribution in [3.63, 3.8) is 0 Å². The van der Waals surface area contributed by atoms with Crippen LogP contribution >= 0.6 is 0 Å². The third kappa shape index (κ3) is 6.65. The third-order valence-corrected chi connectivity index (χ3v) is 4.27. The van der Waals surface area contributed by atoms with Crippen LogP contribution in [0.4, 0.5) is 0 Å². The summed E-state index contributed by atoms with van der Waals surface area (Å²) in [6.45, 7) is 1.92. The van der Waals surface area contributed by atoms with Gasteiger partial charge in [0.05, 0.1) is 6.42 Å². The van der Waals surface area contributed by atoms with E-state index in [0.29, 0.717) is 6.42 Å². The first kappa shape index (κ1) is 21.8. The molecule has 1 unspecified atom stereocenters. The summed E-state index contributed by atoms with van der Waals surface area (Å²) in [4.78, 5) is 21.7. The molecule has 0 aromatic carbocycles. The number of rotatable bonds is 9. The average Bonchev–Trinajstić information content (AvgIpc) is 2.19. The molecule has 0 bridgehead atoms. The fourth-order valence-corrected chi connectivity index (χ4v) is 2.61. The molecule has 0 radical (unpaired) electrons. The van der Waals surface area contributed by atoms with Crippen LogP contribution in [0.15, 0.2) is 0 Å². The van der Waals surface area contributed by atoms with Gasteiger partial charge in [-0.3, -0.25) is 14.1 Å². The van der Waals surface area contributed by atoms with Crippen molar-refractivity contribution in [3.8, 4) is 0 Å². The predicted octanol–water partition coefficient (Wildman–Crippen LogP) is 0.494. The van der Waals surface area contributed by atoms with Crippen LogP contribution in [0, 0.1) is 0 Å². The van der Waals surface area contributed by atoms with Gasteiger partial charge >= 0.3 is 63.3 Å². The monoisotopic (exact) mass is 322 g/mol. The van der Waals surface area contributed by atoms with Crippen LogP contribution in [0.5, 0.6) is 0 Å². The van der Waals surface area contributed by atoms with Gasteiger partial charge in [0.1, 0.15) is 0 Å². The van der Waals surface area contributed by atoms with Crippen LogP contribution in [-0.2, 0) is 19.7 Å². The summed E-state index contributed by atoms with van der Waals surface area (Å²) in [5, 5.41) is 17.6. The van der Waals surface area contributed by atoms with E-state index in [1.54, 1.807) is 0 Å². The number of unbranched alkanes of at least 4 members (excludes halogenated alkanes) is 3. The maximum atomic E-state index is 11.2. The second kappa shape index (κ2) is 9.43. The van der Waals surface area contributed by atoms with Gasteiger partial charge in [-0.25, -0.2) is 0 Å². The molecule has 0 aliphatic carbocycles. The normalized spacial score (nSPS) is 14.2. The van der Waals surface area contributed by atoms with Gasteiger partial charge in [-0.2, -0.15) is 8.42 Å². The van der Waals surface area contributed by atoms with E-state index in [-0.39, 0.29) is 57.8 Å². The first-order valence-corrected chi connectivity index (χ1v) is 7.03. The Morgan fingerprint density at radius 1 is 1.11 bits per heavy atom. The van der Waals surface area contributed by atoms with Gasteiger partial charge in [0.25, 0.3) is 10.1 Å². The molecule has 0 aromatic rings. The molecule has 0 amide bonds. The van der Waals surface area contributed by atoms with Crippen LogP contribution in [0.25, 0.3) is 0 Å². The quantitative estimate of drug-likeness (QED) is 0.320. The Balaban J connectivity index is 0. The fourth-order valence-electron chi connectivity index (χ4n) is 1.68. The summed E-state index contributed by atoms with van der Waals surface area (Å²) >= 11 is 0. The molecule has 9 heteroatoms. The average molecular weight is 322 g/mol. The number of aliphatic carboxylic acids is 2. The Kier molecular flexibility index (Phi) is 10.8. The van der Waals surface area contributed by atoms with E-state index in [4.69, 9.17) is 14.8 Å². The van der Waals surface area contributed by atoms with Gasteiger partial charge in [0.2, 0.25) is 4.75 Å². The van der Waals surface area contributed by atoms with Gasteiger partial charge in [0.15, 0.2) is 0 Å². The number of carboxylic acids is 2. The number of carboxylic acid groups (broad SMARTS) is 2. The van der Waals surface area contributed by atoms with Crippen molar-refractivity contribution in [2.45, 2.75) is 50.2 Å². The van der Waals surface area contributed by atoms with Crippen LogP contribution in [-0.4, -0.2) is 91.3 Å². The van der Waals surface area contributed by atoms with E-state index in [1.807, 2.05) is 6.92 Å². The Morgan fingerprint density at radius 2 is 1.63 bits per heavy atom. The summed E-state index contributed by atoms with van der Waals surface area (Å²) in [6, 6.07) is 0. The molecule has 19 heavy (non-hydrogen) atoms. The van der Waals surface area contributed by atoms with Crippen molar-refractivity contribution < 1.29 is 32.8 Å². The third-order valence-electron chi connectivity index (χ3n) is 2.75. The number of hydrogen-bond donors (Lipinski definition) is 3. The molecule has 0 spiro atoms. The Labute approximate surface area is 154 Å². The first-order valence-electron chi connectivity index (χ1n) is 5.59. The van der Waals surface area contributed by atoms with E-state index in [0.717, 1.165) is 12.8 Å². The van der Waals surface area contributed by atoms with Crippen molar-refractivity contribution in [1.82, 2.24) is 0 Å². The molecule has 0 aromatic heterocycles. The summed E-state index contributed by atoms with van der Waals surface area (Å²) < 4.78 is 28.8. The summed E-state index contributed by atoms with van der Waals surface area (Å²) in [7, 11) is -4.99. The summed E-state index contributed by atoms with van der Waals surface area (Å²) in [5.41, 5.74) is 0. The second-order valence-corrected chi connectivity index (χ2v) is 5.89. The van der Waals surface area contributed by atoms with Crippen molar-refractivity contribution in [2.75, 3.05) is 0 Å². The van der Waals surface area contributed by atoms with Gasteiger partial charge in [0, 0.05) is 0 Å². The van der Waals surface area contributed by atoms with Gasteiger partial charge < -0.3 is 10.2 Å². The van der Waals surface area contributed by atoms with Crippen LogP contribution in [0.2, 0.25) is 0 Å². The molecule has 0 heterocycles. The molecule has 0 saturated carbocycles. The minimum absolute atomic E-state index is 0. The van der Waals surface area contributed by atoms with E-state index in [2.05, 4.69) is 0 Å². The summed E-state index contributed by atoms with van der Waals surface area (Å²) in [6.07, 6.45) is 0.910. The van der Waals surface area contributed by atoms with Crippen LogP contribution < -0.4 is 0 Å². The molecule has 0 aliphatic rings. The fraction of sp³-hybridized carbons (Fsp3) is 0.800. The van der Waals surface area contributed by atoms with E-state index in [1.165, 1.54) is 0 Å². The molecule has 0 fully saturated rings. The molecule has 0 aliphatic heterocycles. The van der Waals surface area contributed by atoms with E-state index >= 15 is 0 Å². The number of hydrogen-bond acceptors (Lipinski definition) is 4. The Morgan fingerprint density at radius 3 is 1.95 bits per heavy atom. The van der Waals surface area contributed by atoms with E-state index in [9.17, 15) is 18.0 Å². The molecule has 0 rings (SSSR count).